The Labute approximate surface area is 111 Å². The highest BCUT2D eigenvalue weighted by Gasteiger charge is 2.18. The van der Waals surface area contributed by atoms with Crippen LogP contribution in [0.25, 0.3) is 0 Å². The van der Waals surface area contributed by atoms with Gasteiger partial charge in [-0.05, 0) is 38.9 Å². The maximum absolute atomic E-state index is 12.3. The monoisotopic (exact) mass is 253 g/mol. The number of nitrogens with zero attached hydrogens (tertiary/aromatic N) is 2. The van der Waals surface area contributed by atoms with Crippen LogP contribution in [0.3, 0.4) is 0 Å². The summed E-state index contributed by atoms with van der Waals surface area (Å²) < 4.78 is 0. The molecule has 1 N–H and O–H groups in total. The molecule has 0 atom stereocenters. The van der Waals surface area contributed by atoms with Gasteiger partial charge in [0, 0.05) is 19.6 Å². The first-order chi connectivity index (χ1) is 8.86. The van der Waals surface area contributed by atoms with E-state index in [1.807, 2.05) is 4.90 Å². The first-order valence-corrected chi connectivity index (χ1v) is 7.57. The van der Waals surface area contributed by atoms with Crippen LogP contribution < -0.4 is 5.32 Å². The maximum atomic E-state index is 12.3. The van der Waals surface area contributed by atoms with E-state index in [-0.39, 0.29) is 0 Å². The normalized spacial score (nSPS) is 24.1. The summed E-state index contributed by atoms with van der Waals surface area (Å²) in [7, 11) is 0. The number of amides is 1. The van der Waals surface area contributed by atoms with Crippen molar-refractivity contribution >= 4 is 5.91 Å². The van der Waals surface area contributed by atoms with E-state index in [0.717, 1.165) is 45.7 Å². The number of nitrogens with one attached hydrogen (secondary N) is 1. The van der Waals surface area contributed by atoms with Gasteiger partial charge in [-0.2, -0.15) is 0 Å². The molecule has 2 heterocycles. The van der Waals surface area contributed by atoms with Gasteiger partial charge in [0.25, 0.3) is 0 Å². The van der Waals surface area contributed by atoms with E-state index in [0.29, 0.717) is 12.5 Å². The highest BCUT2D eigenvalue weighted by molar-refractivity contribution is 5.78. The molecule has 0 aromatic carbocycles. The quantitative estimate of drug-likeness (QED) is 0.800. The second-order valence-electron chi connectivity index (χ2n) is 5.53. The van der Waals surface area contributed by atoms with Crippen LogP contribution in [0.5, 0.6) is 0 Å². The molecule has 0 saturated carbocycles. The van der Waals surface area contributed by atoms with E-state index in [1.54, 1.807) is 0 Å². The summed E-state index contributed by atoms with van der Waals surface area (Å²) in [6.45, 7) is 6.67. The Morgan fingerprint density at radius 1 is 0.833 bits per heavy atom. The predicted octanol–water partition coefficient (Wildman–Crippen LogP) is 1.07. The second-order valence-corrected chi connectivity index (χ2v) is 5.53. The molecule has 18 heavy (non-hydrogen) atoms. The van der Waals surface area contributed by atoms with Crippen molar-refractivity contribution in [3.05, 3.63) is 0 Å². The average molecular weight is 253 g/mol. The van der Waals surface area contributed by atoms with E-state index in [4.69, 9.17) is 0 Å². The van der Waals surface area contributed by atoms with Gasteiger partial charge in [-0.25, -0.2) is 0 Å². The summed E-state index contributed by atoms with van der Waals surface area (Å²) in [6.07, 6.45) is 7.64. The molecule has 0 aromatic heterocycles. The van der Waals surface area contributed by atoms with Crippen LogP contribution in [-0.4, -0.2) is 61.5 Å². The molecule has 2 rings (SSSR count). The molecule has 2 aliphatic heterocycles. The fourth-order valence-electron chi connectivity index (χ4n) is 2.86. The fourth-order valence-corrected chi connectivity index (χ4v) is 2.86. The van der Waals surface area contributed by atoms with Crippen molar-refractivity contribution in [1.29, 1.82) is 0 Å². The lowest BCUT2D eigenvalue weighted by Gasteiger charge is -2.27. The summed E-state index contributed by atoms with van der Waals surface area (Å²) in [5, 5.41) is 3.35. The fraction of sp³-hybridized carbons (Fsp3) is 0.929. The summed E-state index contributed by atoms with van der Waals surface area (Å²) in [5.74, 6) is 0.333. The van der Waals surface area contributed by atoms with Gasteiger partial charge >= 0.3 is 0 Å². The number of likely N-dealkylation sites (tertiary alicyclic amines) is 1. The van der Waals surface area contributed by atoms with Crippen LogP contribution in [0.15, 0.2) is 0 Å². The van der Waals surface area contributed by atoms with Gasteiger partial charge in [-0.3, -0.25) is 9.69 Å². The van der Waals surface area contributed by atoms with E-state index < -0.39 is 0 Å². The lowest BCUT2D eigenvalue weighted by Crippen LogP contribution is -2.42. The molecule has 0 unspecified atom stereocenters. The molecule has 2 aliphatic rings. The van der Waals surface area contributed by atoms with Crippen LogP contribution in [-0.2, 0) is 4.79 Å². The van der Waals surface area contributed by atoms with E-state index in [9.17, 15) is 4.79 Å². The van der Waals surface area contributed by atoms with Crippen molar-refractivity contribution in [1.82, 2.24) is 15.1 Å². The molecule has 0 spiro atoms. The molecule has 2 fully saturated rings. The van der Waals surface area contributed by atoms with Gasteiger partial charge in [0.1, 0.15) is 0 Å². The van der Waals surface area contributed by atoms with Gasteiger partial charge in [0.15, 0.2) is 0 Å². The molecular weight excluding hydrogens is 226 g/mol. The summed E-state index contributed by atoms with van der Waals surface area (Å²) in [6, 6.07) is 0. The zero-order valence-corrected chi connectivity index (χ0v) is 11.5. The lowest BCUT2D eigenvalue weighted by atomic mass is 10.1. The van der Waals surface area contributed by atoms with Crippen molar-refractivity contribution in [2.75, 3.05) is 45.8 Å². The third kappa shape index (κ3) is 4.58. The summed E-state index contributed by atoms with van der Waals surface area (Å²) >= 11 is 0. The number of carbonyl (C=O) groups is 1. The Hall–Kier alpha value is -0.610. The second kappa shape index (κ2) is 7.74. The highest BCUT2D eigenvalue weighted by atomic mass is 16.2. The Balaban J connectivity index is 1.77. The van der Waals surface area contributed by atoms with Gasteiger partial charge in [-0.1, -0.05) is 19.3 Å². The SMILES string of the molecule is O=C(CN1CCCCCCC1)N1CCCNCC1. The molecule has 1 amide bonds. The number of hydrogen-bond donors (Lipinski definition) is 1. The minimum Gasteiger partial charge on any atom is -0.340 e. The highest BCUT2D eigenvalue weighted by Crippen LogP contribution is 2.10. The van der Waals surface area contributed by atoms with E-state index in [2.05, 4.69) is 10.2 Å². The molecular formula is C14H27N3O. The Kier molecular flexibility index (Phi) is 5.94. The molecule has 0 radical (unpaired) electrons. The summed E-state index contributed by atoms with van der Waals surface area (Å²) in [5.41, 5.74) is 0. The zero-order chi connectivity index (χ0) is 12.6. The van der Waals surface area contributed by atoms with Crippen LogP contribution in [0.2, 0.25) is 0 Å². The largest absolute Gasteiger partial charge is 0.340 e. The molecule has 4 heteroatoms. The molecule has 2 saturated heterocycles. The van der Waals surface area contributed by atoms with E-state index in [1.165, 1.54) is 32.1 Å². The predicted molar refractivity (Wildman–Crippen MR) is 73.6 cm³/mol. The third-order valence-corrected chi connectivity index (χ3v) is 4.00. The molecule has 0 aliphatic carbocycles. The van der Waals surface area contributed by atoms with E-state index >= 15 is 0 Å². The standard InChI is InChI=1S/C14H27N3O/c18-14(17-11-6-7-15-8-12-17)13-16-9-4-2-1-3-5-10-16/h15H,1-13H2. The van der Waals surface area contributed by atoms with Crippen molar-refractivity contribution in [3.63, 3.8) is 0 Å². The van der Waals surface area contributed by atoms with Crippen molar-refractivity contribution in [2.24, 2.45) is 0 Å². The third-order valence-electron chi connectivity index (χ3n) is 4.00. The molecule has 0 bridgehead atoms. The van der Waals surface area contributed by atoms with Crippen LogP contribution >= 0.6 is 0 Å². The summed E-state index contributed by atoms with van der Waals surface area (Å²) in [4.78, 5) is 16.7. The number of carbonyl (C=O) groups excluding carboxylic acids is 1. The average Bonchev–Trinajstić information content (AvgIpc) is 2.61. The lowest BCUT2D eigenvalue weighted by molar-refractivity contribution is -0.132. The zero-order valence-electron chi connectivity index (χ0n) is 11.5. The smallest absolute Gasteiger partial charge is 0.236 e. The van der Waals surface area contributed by atoms with Gasteiger partial charge in [0.2, 0.25) is 5.91 Å². The minimum absolute atomic E-state index is 0.333. The van der Waals surface area contributed by atoms with Crippen LogP contribution in [0, 0.1) is 0 Å². The Morgan fingerprint density at radius 3 is 2.33 bits per heavy atom. The maximum Gasteiger partial charge on any atom is 0.236 e. The van der Waals surface area contributed by atoms with Gasteiger partial charge in [0.05, 0.1) is 6.54 Å². The number of hydrogen-bond acceptors (Lipinski definition) is 3. The molecule has 0 aromatic rings. The molecule has 4 nitrogen and oxygen atoms in total. The van der Waals surface area contributed by atoms with Crippen molar-refractivity contribution in [2.45, 2.75) is 38.5 Å². The van der Waals surface area contributed by atoms with Crippen LogP contribution in [0.4, 0.5) is 0 Å². The van der Waals surface area contributed by atoms with Gasteiger partial charge in [-0.15, -0.1) is 0 Å². The topological polar surface area (TPSA) is 35.6 Å². The van der Waals surface area contributed by atoms with Crippen molar-refractivity contribution in [3.8, 4) is 0 Å². The van der Waals surface area contributed by atoms with Crippen molar-refractivity contribution < 1.29 is 4.79 Å². The van der Waals surface area contributed by atoms with Gasteiger partial charge < -0.3 is 10.2 Å². The Bertz CT molecular complexity index is 241. The number of rotatable bonds is 2. The molecule has 104 valence electrons. The van der Waals surface area contributed by atoms with Crippen LogP contribution in [0.1, 0.15) is 38.5 Å². The Morgan fingerprint density at radius 2 is 1.56 bits per heavy atom. The first-order valence-electron chi connectivity index (χ1n) is 7.57. The minimum atomic E-state index is 0.333. The first kappa shape index (κ1) is 13.8.